The van der Waals surface area contributed by atoms with Crippen LogP contribution >= 0.6 is 11.6 Å². The Morgan fingerprint density at radius 3 is 2.74 bits per heavy atom. The first-order valence-electron chi connectivity index (χ1n) is 6.61. The Labute approximate surface area is 117 Å². The second-order valence-electron chi connectivity index (χ2n) is 4.93. The number of nitrogen functional groups attached to an aromatic ring is 1. The fourth-order valence-electron chi connectivity index (χ4n) is 2.57. The van der Waals surface area contributed by atoms with E-state index in [1.54, 1.807) is 0 Å². The molecule has 0 fully saturated rings. The molecule has 19 heavy (non-hydrogen) atoms. The van der Waals surface area contributed by atoms with Gasteiger partial charge in [-0.2, -0.15) is 0 Å². The van der Waals surface area contributed by atoms with E-state index in [9.17, 15) is 0 Å². The summed E-state index contributed by atoms with van der Waals surface area (Å²) in [6.07, 6.45) is 5.03. The molecule has 3 nitrogen and oxygen atoms in total. The van der Waals surface area contributed by atoms with Gasteiger partial charge in [-0.3, -0.25) is 0 Å². The molecule has 0 saturated heterocycles. The van der Waals surface area contributed by atoms with Crippen LogP contribution in [0.4, 0.5) is 5.82 Å². The summed E-state index contributed by atoms with van der Waals surface area (Å²) in [7, 11) is 0. The number of benzene rings is 1. The molecule has 1 aromatic heterocycles. The number of hydrogen-bond donors (Lipinski definition) is 1. The first-order valence-corrected chi connectivity index (χ1v) is 6.99. The average molecular weight is 274 g/mol. The second kappa shape index (κ2) is 5.17. The van der Waals surface area contributed by atoms with Crippen molar-refractivity contribution in [2.24, 2.45) is 0 Å². The molecule has 0 bridgehead atoms. The average Bonchev–Trinajstić information content (AvgIpc) is 2.42. The highest BCUT2D eigenvalue weighted by atomic mass is 35.5. The molecule has 1 aromatic carbocycles. The van der Waals surface area contributed by atoms with Crippen LogP contribution in [0.5, 0.6) is 0 Å². The Morgan fingerprint density at radius 2 is 1.89 bits per heavy atom. The number of aromatic nitrogens is 2. The standard InChI is InChI=1S/C15H16ClN3/c16-12-7-3-1-5-10(12)9-14-18-13-8-4-2-6-11(13)15(17)19-14/h1,3,5,7H,2,4,6,8-9H2,(H2,17,18,19). The Bertz CT molecular complexity index is 610. The van der Waals surface area contributed by atoms with E-state index in [4.69, 9.17) is 17.3 Å². The molecule has 3 rings (SSSR count). The van der Waals surface area contributed by atoms with Crippen LogP contribution in [0.2, 0.25) is 5.02 Å². The molecular weight excluding hydrogens is 258 g/mol. The number of fused-ring (bicyclic) bond motifs is 1. The summed E-state index contributed by atoms with van der Waals surface area (Å²) in [5, 5.41) is 0.752. The number of rotatable bonds is 2. The third-order valence-corrected chi connectivity index (χ3v) is 3.94. The molecule has 1 heterocycles. The van der Waals surface area contributed by atoms with E-state index in [1.807, 2.05) is 24.3 Å². The molecule has 0 atom stereocenters. The van der Waals surface area contributed by atoms with Crippen LogP contribution in [-0.2, 0) is 19.3 Å². The van der Waals surface area contributed by atoms with Crippen molar-refractivity contribution in [1.82, 2.24) is 9.97 Å². The van der Waals surface area contributed by atoms with E-state index in [-0.39, 0.29) is 0 Å². The smallest absolute Gasteiger partial charge is 0.135 e. The van der Waals surface area contributed by atoms with Gasteiger partial charge in [0.05, 0.1) is 0 Å². The van der Waals surface area contributed by atoms with E-state index in [0.717, 1.165) is 40.5 Å². The molecule has 0 amide bonds. The van der Waals surface area contributed by atoms with Gasteiger partial charge < -0.3 is 5.73 Å². The van der Waals surface area contributed by atoms with Gasteiger partial charge in [0.2, 0.25) is 0 Å². The van der Waals surface area contributed by atoms with Gasteiger partial charge in [-0.1, -0.05) is 29.8 Å². The monoisotopic (exact) mass is 273 g/mol. The second-order valence-corrected chi connectivity index (χ2v) is 5.33. The number of hydrogen-bond acceptors (Lipinski definition) is 3. The predicted octanol–water partition coefficient (Wildman–Crippen LogP) is 3.18. The van der Waals surface area contributed by atoms with E-state index in [1.165, 1.54) is 12.8 Å². The number of nitrogens with two attached hydrogens (primary N) is 1. The van der Waals surface area contributed by atoms with Crippen LogP contribution in [0, 0.1) is 0 Å². The minimum absolute atomic E-state index is 0.636. The van der Waals surface area contributed by atoms with E-state index < -0.39 is 0 Å². The van der Waals surface area contributed by atoms with Crippen LogP contribution in [0.25, 0.3) is 0 Å². The van der Waals surface area contributed by atoms with Crippen molar-refractivity contribution in [3.8, 4) is 0 Å². The van der Waals surface area contributed by atoms with Gasteiger partial charge in [0.1, 0.15) is 11.6 Å². The molecule has 98 valence electrons. The first-order chi connectivity index (χ1) is 9.24. The van der Waals surface area contributed by atoms with Crippen molar-refractivity contribution >= 4 is 17.4 Å². The summed E-state index contributed by atoms with van der Waals surface area (Å²) in [6, 6.07) is 7.79. The first kappa shape index (κ1) is 12.4. The Morgan fingerprint density at radius 1 is 1.11 bits per heavy atom. The number of halogens is 1. The molecular formula is C15H16ClN3. The topological polar surface area (TPSA) is 51.8 Å². The summed E-state index contributed by atoms with van der Waals surface area (Å²) in [5.41, 5.74) is 9.36. The summed E-state index contributed by atoms with van der Waals surface area (Å²) in [6.45, 7) is 0. The summed E-state index contributed by atoms with van der Waals surface area (Å²) in [4.78, 5) is 9.09. The van der Waals surface area contributed by atoms with Gasteiger partial charge in [0.15, 0.2) is 0 Å². The van der Waals surface area contributed by atoms with Gasteiger partial charge in [-0.25, -0.2) is 9.97 Å². The highest BCUT2D eigenvalue weighted by molar-refractivity contribution is 6.31. The Balaban J connectivity index is 1.94. The molecule has 2 aromatic rings. The van der Waals surface area contributed by atoms with Crippen LogP contribution in [0.1, 0.15) is 35.5 Å². The van der Waals surface area contributed by atoms with Crippen molar-refractivity contribution in [1.29, 1.82) is 0 Å². The largest absolute Gasteiger partial charge is 0.383 e. The summed E-state index contributed by atoms with van der Waals surface area (Å²) < 4.78 is 0. The molecule has 0 aliphatic heterocycles. The maximum atomic E-state index is 6.17. The molecule has 0 radical (unpaired) electrons. The van der Waals surface area contributed by atoms with Crippen molar-refractivity contribution < 1.29 is 0 Å². The molecule has 1 aliphatic carbocycles. The molecule has 2 N–H and O–H groups in total. The van der Waals surface area contributed by atoms with E-state index >= 15 is 0 Å². The Kier molecular flexibility index (Phi) is 3.38. The molecule has 4 heteroatoms. The zero-order valence-corrected chi connectivity index (χ0v) is 11.5. The number of anilines is 1. The zero-order chi connectivity index (χ0) is 13.2. The highest BCUT2D eigenvalue weighted by Crippen LogP contribution is 2.25. The lowest BCUT2D eigenvalue weighted by Gasteiger charge is -2.17. The van der Waals surface area contributed by atoms with Crippen LogP contribution in [-0.4, -0.2) is 9.97 Å². The number of aryl methyl sites for hydroxylation is 1. The zero-order valence-electron chi connectivity index (χ0n) is 10.7. The van der Waals surface area contributed by atoms with Gasteiger partial charge in [-0.05, 0) is 37.3 Å². The Hall–Kier alpha value is -1.61. The van der Waals surface area contributed by atoms with Crippen molar-refractivity contribution in [2.75, 3.05) is 5.73 Å². The van der Waals surface area contributed by atoms with Crippen LogP contribution in [0.15, 0.2) is 24.3 Å². The third kappa shape index (κ3) is 2.56. The minimum atomic E-state index is 0.636. The normalized spacial score (nSPS) is 14.2. The molecule has 0 spiro atoms. The molecule has 1 aliphatic rings. The summed E-state index contributed by atoms with van der Waals surface area (Å²) in [5.74, 6) is 1.41. The van der Waals surface area contributed by atoms with Gasteiger partial charge in [0, 0.05) is 22.7 Å². The van der Waals surface area contributed by atoms with Crippen LogP contribution < -0.4 is 5.73 Å². The maximum absolute atomic E-state index is 6.17. The lowest BCUT2D eigenvalue weighted by Crippen LogP contribution is -2.13. The maximum Gasteiger partial charge on any atom is 0.135 e. The minimum Gasteiger partial charge on any atom is -0.383 e. The van der Waals surface area contributed by atoms with E-state index in [0.29, 0.717) is 12.2 Å². The van der Waals surface area contributed by atoms with Gasteiger partial charge >= 0.3 is 0 Å². The SMILES string of the molecule is Nc1nc(Cc2ccccc2Cl)nc2c1CCCC2. The lowest BCUT2D eigenvalue weighted by atomic mass is 9.96. The molecule has 0 unspecified atom stereocenters. The van der Waals surface area contributed by atoms with Crippen molar-refractivity contribution in [2.45, 2.75) is 32.1 Å². The van der Waals surface area contributed by atoms with Crippen LogP contribution in [0.3, 0.4) is 0 Å². The fourth-order valence-corrected chi connectivity index (χ4v) is 2.77. The number of nitrogens with zero attached hydrogens (tertiary/aromatic N) is 2. The highest BCUT2D eigenvalue weighted by Gasteiger charge is 2.16. The van der Waals surface area contributed by atoms with E-state index in [2.05, 4.69) is 9.97 Å². The van der Waals surface area contributed by atoms with Crippen molar-refractivity contribution in [3.05, 3.63) is 51.9 Å². The van der Waals surface area contributed by atoms with Gasteiger partial charge in [-0.15, -0.1) is 0 Å². The molecule has 0 saturated carbocycles. The quantitative estimate of drug-likeness (QED) is 0.914. The van der Waals surface area contributed by atoms with Gasteiger partial charge in [0.25, 0.3) is 0 Å². The fraction of sp³-hybridized carbons (Fsp3) is 0.333. The lowest BCUT2D eigenvalue weighted by molar-refractivity contribution is 0.658. The predicted molar refractivity (Wildman–Crippen MR) is 77.3 cm³/mol. The summed E-state index contributed by atoms with van der Waals surface area (Å²) >= 11 is 6.17. The third-order valence-electron chi connectivity index (χ3n) is 3.57. The van der Waals surface area contributed by atoms with Crippen molar-refractivity contribution in [3.63, 3.8) is 0 Å².